The van der Waals surface area contributed by atoms with Crippen LogP contribution >= 0.6 is 11.6 Å². The number of nitrogens with zero attached hydrogens (tertiary/aromatic N) is 4. The zero-order chi connectivity index (χ0) is 18.4. The van der Waals surface area contributed by atoms with Crippen LogP contribution in [0.15, 0.2) is 28.8 Å². The maximum atomic E-state index is 10.5. The van der Waals surface area contributed by atoms with Crippen LogP contribution in [-0.4, -0.2) is 63.7 Å². The Bertz CT molecular complexity index is 711. The second-order valence-electron chi connectivity index (χ2n) is 6.49. The van der Waals surface area contributed by atoms with Gasteiger partial charge in [-0.2, -0.15) is 4.98 Å². The smallest absolute Gasteiger partial charge is 0.303 e. The molecule has 8 heteroatoms. The molecule has 2 aromatic rings. The van der Waals surface area contributed by atoms with E-state index >= 15 is 0 Å². The number of carboxylic acid groups (broad SMARTS) is 1. The SMILES string of the molecule is O=C(O)CCCCN1CCN(Cc2nc(-c3ccc(Cl)cc3)no2)CC1. The number of carbonyl (C=O) groups is 1. The molecule has 0 atom stereocenters. The molecule has 26 heavy (non-hydrogen) atoms. The second kappa shape index (κ2) is 9.12. The average Bonchev–Trinajstić information content (AvgIpc) is 3.09. The molecule has 0 spiro atoms. The number of piperazine rings is 1. The van der Waals surface area contributed by atoms with Crippen molar-refractivity contribution in [3.05, 3.63) is 35.2 Å². The topological polar surface area (TPSA) is 82.7 Å². The Morgan fingerprint density at radius 2 is 1.81 bits per heavy atom. The standard InChI is InChI=1S/C18H23ClN4O3/c19-15-6-4-14(5-7-15)18-20-16(26-21-18)13-23-11-9-22(10-12-23)8-2-1-3-17(24)25/h4-7H,1-3,8-13H2,(H,24,25). The number of benzene rings is 1. The van der Waals surface area contributed by atoms with E-state index in [0.29, 0.717) is 23.3 Å². The molecule has 1 N–H and O–H groups in total. The van der Waals surface area contributed by atoms with Gasteiger partial charge in [0.2, 0.25) is 11.7 Å². The lowest BCUT2D eigenvalue weighted by Crippen LogP contribution is -2.46. The van der Waals surface area contributed by atoms with Crippen LogP contribution in [0.5, 0.6) is 0 Å². The lowest BCUT2D eigenvalue weighted by molar-refractivity contribution is -0.137. The van der Waals surface area contributed by atoms with Crippen LogP contribution in [0.4, 0.5) is 0 Å². The Kier molecular flexibility index (Phi) is 6.60. The van der Waals surface area contributed by atoms with Crippen molar-refractivity contribution >= 4 is 17.6 Å². The fraction of sp³-hybridized carbons (Fsp3) is 0.500. The van der Waals surface area contributed by atoms with Gasteiger partial charge in [-0.25, -0.2) is 0 Å². The predicted octanol–water partition coefficient (Wildman–Crippen LogP) is 2.76. The van der Waals surface area contributed by atoms with Crippen molar-refractivity contribution in [2.24, 2.45) is 0 Å². The lowest BCUT2D eigenvalue weighted by atomic mass is 10.2. The molecular weight excluding hydrogens is 356 g/mol. The first kappa shape index (κ1) is 18.8. The first-order valence-corrected chi connectivity index (χ1v) is 9.23. The third-order valence-electron chi connectivity index (χ3n) is 4.51. The van der Waals surface area contributed by atoms with Gasteiger partial charge in [-0.3, -0.25) is 9.69 Å². The van der Waals surface area contributed by atoms with Crippen LogP contribution in [0.1, 0.15) is 25.2 Å². The number of hydrogen-bond acceptors (Lipinski definition) is 6. The highest BCUT2D eigenvalue weighted by atomic mass is 35.5. The monoisotopic (exact) mass is 378 g/mol. The van der Waals surface area contributed by atoms with Crippen LogP contribution in [0.25, 0.3) is 11.4 Å². The molecule has 2 heterocycles. The van der Waals surface area contributed by atoms with E-state index in [-0.39, 0.29) is 6.42 Å². The molecular formula is C18H23ClN4O3. The molecule has 1 aromatic heterocycles. The van der Waals surface area contributed by atoms with Crippen molar-refractivity contribution in [2.75, 3.05) is 32.7 Å². The Hall–Kier alpha value is -1.96. The maximum absolute atomic E-state index is 10.5. The van der Waals surface area contributed by atoms with Crippen LogP contribution in [0.2, 0.25) is 5.02 Å². The number of halogens is 1. The zero-order valence-corrected chi connectivity index (χ0v) is 15.4. The minimum atomic E-state index is -0.715. The molecule has 7 nitrogen and oxygen atoms in total. The molecule has 1 saturated heterocycles. The van der Waals surface area contributed by atoms with E-state index in [9.17, 15) is 4.79 Å². The van der Waals surface area contributed by atoms with E-state index < -0.39 is 5.97 Å². The van der Waals surface area contributed by atoms with Gasteiger partial charge in [0, 0.05) is 43.2 Å². The number of rotatable bonds is 8. The van der Waals surface area contributed by atoms with E-state index in [1.807, 2.05) is 24.3 Å². The number of unbranched alkanes of at least 4 members (excludes halogenated alkanes) is 1. The van der Waals surface area contributed by atoms with Crippen molar-refractivity contribution in [1.29, 1.82) is 0 Å². The first-order valence-electron chi connectivity index (χ1n) is 8.85. The minimum absolute atomic E-state index is 0.257. The fourth-order valence-corrected chi connectivity index (χ4v) is 3.14. The largest absolute Gasteiger partial charge is 0.481 e. The molecule has 1 aliphatic heterocycles. The third kappa shape index (κ3) is 5.52. The highest BCUT2D eigenvalue weighted by molar-refractivity contribution is 6.30. The molecule has 0 amide bonds. The Morgan fingerprint density at radius 3 is 2.50 bits per heavy atom. The summed E-state index contributed by atoms with van der Waals surface area (Å²) in [5.74, 6) is 0.478. The van der Waals surface area contributed by atoms with Gasteiger partial charge < -0.3 is 14.5 Å². The number of aliphatic carboxylic acids is 1. The summed E-state index contributed by atoms with van der Waals surface area (Å²) >= 11 is 5.90. The van der Waals surface area contributed by atoms with Gasteiger partial charge in [0.15, 0.2) is 0 Å². The highest BCUT2D eigenvalue weighted by Gasteiger charge is 2.19. The van der Waals surface area contributed by atoms with E-state index in [1.54, 1.807) is 0 Å². The summed E-state index contributed by atoms with van der Waals surface area (Å²) in [5, 5.41) is 13.4. The van der Waals surface area contributed by atoms with Gasteiger partial charge in [-0.05, 0) is 43.7 Å². The predicted molar refractivity (Wildman–Crippen MR) is 97.9 cm³/mol. The van der Waals surface area contributed by atoms with E-state index in [0.717, 1.165) is 51.1 Å². The Labute approximate surface area is 157 Å². The van der Waals surface area contributed by atoms with Crippen molar-refractivity contribution in [3.8, 4) is 11.4 Å². The van der Waals surface area contributed by atoms with Gasteiger partial charge in [0.25, 0.3) is 0 Å². The lowest BCUT2D eigenvalue weighted by Gasteiger charge is -2.33. The summed E-state index contributed by atoms with van der Waals surface area (Å²) in [6.45, 7) is 5.45. The van der Waals surface area contributed by atoms with Crippen molar-refractivity contribution in [1.82, 2.24) is 19.9 Å². The molecule has 1 aromatic carbocycles. The summed E-state index contributed by atoms with van der Waals surface area (Å²) in [4.78, 5) is 19.7. The van der Waals surface area contributed by atoms with E-state index in [4.69, 9.17) is 21.2 Å². The van der Waals surface area contributed by atoms with E-state index in [2.05, 4.69) is 19.9 Å². The maximum Gasteiger partial charge on any atom is 0.303 e. The molecule has 0 bridgehead atoms. The molecule has 0 unspecified atom stereocenters. The average molecular weight is 379 g/mol. The Morgan fingerprint density at radius 1 is 1.12 bits per heavy atom. The van der Waals surface area contributed by atoms with Crippen molar-refractivity contribution in [3.63, 3.8) is 0 Å². The van der Waals surface area contributed by atoms with Crippen molar-refractivity contribution in [2.45, 2.75) is 25.8 Å². The first-order chi connectivity index (χ1) is 12.6. The number of aromatic nitrogens is 2. The molecule has 140 valence electrons. The van der Waals surface area contributed by atoms with Crippen LogP contribution in [-0.2, 0) is 11.3 Å². The number of hydrogen-bond donors (Lipinski definition) is 1. The normalized spacial score (nSPS) is 16.0. The molecule has 0 radical (unpaired) electrons. The number of carboxylic acids is 1. The Balaban J connectivity index is 1.42. The van der Waals surface area contributed by atoms with Crippen LogP contribution in [0, 0.1) is 0 Å². The summed E-state index contributed by atoms with van der Waals surface area (Å²) in [7, 11) is 0. The molecule has 0 saturated carbocycles. The van der Waals surface area contributed by atoms with Crippen molar-refractivity contribution < 1.29 is 14.4 Å². The van der Waals surface area contributed by atoms with Gasteiger partial charge in [0.1, 0.15) is 0 Å². The van der Waals surface area contributed by atoms with Gasteiger partial charge in [0.05, 0.1) is 6.54 Å². The minimum Gasteiger partial charge on any atom is -0.481 e. The second-order valence-corrected chi connectivity index (χ2v) is 6.92. The summed E-state index contributed by atoms with van der Waals surface area (Å²) in [5.41, 5.74) is 0.885. The zero-order valence-electron chi connectivity index (χ0n) is 14.6. The van der Waals surface area contributed by atoms with Crippen LogP contribution < -0.4 is 0 Å². The van der Waals surface area contributed by atoms with Gasteiger partial charge in [-0.15, -0.1) is 0 Å². The van der Waals surface area contributed by atoms with E-state index in [1.165, 1.54) is 0 Å². The quantitative estimate of drug-likeness (QED) is 0.707. The molecule has 1 fully saturated rings. The van der Waals surface area contributed by atoms with Gasteiger partial charge in [-0.1, -0.05) is 16.8 Å². The van der Waals surface area contributed by atoms with Crippen LogP contribution in [0.3, 0.4) is 0 Å². The third-order valence-corrected chi connectivity index (χ3v) is 4.76. The summed E-state index contributed by atoms with van der Waals surface area (Å²) in [6.07, 6.45) is 1.93. The molecule has 0 aliphatic carbocycles. The highest BCUT2D eigenvalue weighted by Crippen LogP contribution is 2.19. The molecule has 1 aliphatic rings. The fourth-order valence-electron chi connectivity index (χ4n) is 3.01. The van der Waals surface area contributed by atoms with Gasteiger partial charge >= 0.3 is 5.97 Å². The summed E-state index contributed by atoms with van der Waals surface area (Å²) in [6, 6.07) is 7.37. The summed E-state index contributed by atoms with van der Waals surface area (Å²) < 4.78 is 5.38. The molecule has 3 rings (SSSR count).